The first-order chi connectivity index (χ1) is 6.08. The van der Waals surface area contributed by atoms with E-state index in [0.717, 1.165) is 19.4 Å². The molecule has 0 N–H and O–H groups in total. The van der Waals surface area contributed by atoms with Crippen LogP contribution in [0.4, 0.5) is 0 Å². The van der Waals surface area contributed by atoms with Gasteiger partial charge < -0.3 is 4.74 Å². The van der Waals surface area contributed by atoms with Gasteiger partial charge in [-0.1, -0.05) is 0 Å². The molecule has 0 radical (unpaired) electrons. The molecule has 1 aliphatic rings. The average molecular weight is 183 g/mol. The largest absolute Gasteiger partial charge is 0.378 e. The maximum atomic E-state index is 5.52. The molecule has 0 amide bonds. The molecule has 1 fully saturated rings. The maximum absolute atomic E-state index is 5.52. The minimum atomic E-state index is 0.0799. The van der Waals surface area contributed by atoms with Gasteiger partial charge in [-0.25, -0.2) is 0 Å². The average Bonchev–Trinajstić information content (AvgIpc) is 2.48. The summed E-state index contributed by atoms with van der Waals surface area (Å²) in [5.41, 5.74) is 0.0799. The Morgan fingerprint density at radius 3 is 2.77 bits per heavy atom. The Morgan fingerprint density at radius 2 is 2.23 bits per heavy atom. The molecule has 1 unspecified atom stereocenters. The SMILES string of the molecule is CC(C)(C)/N=C\CCC1CCCO1. The van der Waals surface area contributed by atoms with Gasteiger partial charge in [0.25, 0.3) is 0 Å². The summed E-state index contributed by atoms with van der Waals surface area (Å²) in [6.45, 7) is 7.32. The Balaban J connectivity index is 2.09. The molecule has 0 aromatic heterocycles. The van der Waals surface area contributed by atoms with E-state index in [1.54, 1.807) is 0 Å². The van der Waals surface area contributed by atoms with Crippen LogP contribution in [-0.2, 0) is 4.74 Å². The van der Waals surface area contributed by atoms with Crippen molar-refractivity contribution in [1.82, 2.24) is 0 Å². The first-order valence-electron chi connectivity index (χ1n) is 5.23. The molecule has 0 spiro atoms. The second kappa shape index (κ2) is 4.75. The molecule has 76 valence electrons. The van der Waals surface area contributed by atoms with Crippen LogP contribution >= 0.6 is 0 Å². The lowest BCUT2D eigenvalue weighted by Gasteiger charge is -2.11. The van der Waals surface area contributed by atoms with E-state index < -0.39 is 0 Å². The number of hydrogen-bond acceptors (Lipinski definition) is 2. The highest BCUT2D eigenvalue weighted by molar-refractivity contribution is 5.57. The molecule has 0 aromatic rings. The highest BCUT2D eigenvalue weighted by Gasteiger charge is 2.14. The fourth-order valence-corrected chi connectivity index (χ4v) is 1.47. The van der Waals surface area contributed by atoms with Crippen LogP contribution in [0.1, 0.15) is 46.5 Å². The summed E-state index contributed by atoms with van der Waals surface area (Å²) in [6.07, 6.45) is 7.22. The standard InChI is InChI=1S/C11H21NO/c1-11(2,3)12-8-4-6-10-7-5-9-13-10/h8,10H,4-7,9H2,1-3H3/b12-8-. The van der Waals surface area contributed by atoms with Crippen LogP contribution in [0, 0.1) is 0 Å². The van der Waals surface area contributed by atoms with E-state index in [-0.39, 0.29) is 5.54 Å². The van der Waals surface area contributed by atoms with E-state index in [1.807, 2.05) is 6.21 Å². The van der Waals surface area contributed by atoms with Crippen molar-refractivity contribution in [2.24, 2.45) is 4.99 Å². The number of hydrogen-bond donors (Lipinski definition) is 0. The number of aliphatic imine (C=N–C) groups is 1. The normalized spacial score (nSPS) is 24.4. The number of nitrogens with zero attached hydrogens (tertiary/aromatic N) is 1. The van der Waals surface area contributed by atoms with Crippen LogP contribution in [0.25, 0.3) is 0 Å². The summed E-state index contributed by atoms with van der Waals surface area (Å²) in [4.78, 5) is 4.44. The summed E-state index contributed by atoms with van der Waals surface area (Å²) in [5.74, 6) is 0. The number of rotatable bonds is 3. The van der Waals surface area contributed by atoms with E-state index in [9.17, 15) is 0 Å². The van der Waals surface area contributed by atoms with Gasteiger partial charge in [0, 0.05) is 6.61 Å². The lowest BCUT2D eigenvalue weighted by atomic mass is 10.1. The van der Waals surface area contributed by atoms with Gasteiger partial charge >= 0.3 is 0 Å². The van der Waals surface area contributed by atoms with E-state index in [1.165, 1.54) is 12.8 Å². The smallest absolute Gasteiger partial charge is 0.0579 e. The van der Waals surface area contributed by atoms with Crippen LogP contribution in [0.3, 0.4) is 0 Å². The highest BCUT2D eigenvalue weighted by Crippen LogP contribution is 2.16. The van der Waals surface area contributed by atoms with Crippen molar-refractivity contribution in [2.45, 2.75) is 58.1 Å². The summed E-state index contributed by atoms with van der Waals surface area (Å²) in [5, 5.41) is 0. The Kier molecular flexibility index (Phi) is 3.91. The molecule has 1 rings (SSSR count). The van der Waals surface area contributed by atoms with Crippen molar-refractivity contribution in [3.63, 3.8) is 0 Å². The zero-order valence-electron chi connectivity index (χ0n) is 9.05. The van der Waals surface area contributed by atoms with Crippen molar-refractivity contribution in [3.05, 3.63) is 0 Å². The van der Waals surface area contributed by atoms with Gasteiger partial charge in [-0.3, -0.25) is 4.99 Å². The van der Waals surface area contributed by atoms with Crippen LogP contribution < -0.4 is 0 Å². The fourth-order valence-electron chi connectivity index (χ4n) is 1.47. The Bertz CT molecular complexity index is 163. The van der Waals surface area contributed by atoms with E-state index in [2.05, 4.69) is 25.8 Å². The van der Waals surface area contributed by atoms with Gasteiger partial charge in [-0.2, -0.15) is 0 Å². The minimum Gasteiger partial charge on any atom is -0.378 e. The van der Waals surface area contributed by atoms with Crippen LogP contribution in [0.5, 0.6) is 0 Å². The zero-order valence-corrected chi connectivity index (χ0v) is 9.05. The number of ether oxygens (including phenoxy) is 1. The molecule has 0 aromatic carbocycles. The molecule has 13 heavy (non-hydrogen) atoms. The molecular formula is C11H21NO. The molecule has 1 heterocycles. The van der Waals surface area contributed by atoms with Gasteiger partial charge in [-0.05, 0) is 52.7 Å². The molecule has 2 heteroatoms. The van der Waals surface area contributed by atoms with Gasteiger partial charge in [0.1, 0.15) is 0 Å². The van der Waals surface area contributed by atoms with Gasteiger partial charge in [0.05, 0.1) is 11.6 Å². The topological polar surface area (TPSA) is 21.6 Å². The monoisotopic (exact) mass is 183 g/mol. The maximum Gasteiger partial charge on any atom is 0.0579 e. The van der Waals surface area contributed by atoms with Crippen molar-refractivity contribution in [2.75, 3.05) is 6.61 Å². The van der Waals surface area contributed by atoms with Crippen molar-refractivity contribution in [3.8, 4) is 0 Å². The predicted molar refractivity (Wildman–Crippen MR) is 56.5 cm³/mol. The van der Waals surface area contributed by atoms with E-state index >= 15 is 0 Å². The zero-order chi connectivity index (χ0) is 9.73. The highest BCUT2D eigenvalue weighted by atomic mass is 16.5. The van der Waals surface area contributed by atoms with E-state index in [0.29, 0.717) is 6.10 Å². The van der Waals surface area contributed by atoms with Crippen LogP contribution in [-0.4, -0.2) is 24.5 Å². The third kappa shape index (κ3) is 5.04. The summed E-state index contributed by atoms with van der Waals surface area (Å²) in [6, 6.07) is 0. The molecule has 0 aliphatic carbocycles. The molecular weight excluding hydrogens is 162 g/mol. The third-order valence-electron chi connectivity index (χ3n) is 2.12. The van der Waals surface area contributed by atoms with Gasteiger partial charge in [0.15, 0.2) is 0 Å². The fraction of sp³-hybridized carbons (Fsp3) is 0.909. The molecule has 1 aliphatic heterocycles. The lowest BCUT2D eigenvalue weighted by molar-refractivity contribution is 0.106. The Hall–Kier alpha value is -0.370. The first kappa shape index (κ1) is 10.7. The third-order valence-corrected chi connectivity index (χ3v) is 2.12. The Labute approximate surface area is 81.4 Å². The Morgan fingerprint density at radius 1 is 1.46 bits per heavy atom. The molecule has 1 atom stereocenters. The summed E-state index contributed by atoms with van der Waals surface area (Å²) in [7, 11) is 0. The lowest BCUT2D eigenvalue weighted by Crippen LogP contribution is -2.10. The quantitative estimate of drug-likeness (QED) is 0.616. The first-order valence-corrected chi connectivity index (χ1v) is 5.23. The van der Waals surface area contributed by atoms with Gasteiger partial charge in [0.2, 0.25) is 0 Å². The van der Waals surface area contributed by atoms with Crippen molar-refractivity contribution >= 4 is 6.21 Å². The summed E-state index contributed by atoms with van der Waals surface area (Å²) >= 11 is 0. The minimum absolute atomic E-state index is 0.0799. The molecule has 0 bridgehead atoms. The molecule has 2 nitrogen and oxygen atoms in total. The second-order valence-electron chi connectivity index (χ2n) is 4.69. The molecule has 1 saturated heterocycles. The predicted octanol–water partition coefficient (Wildman–Crippen LogP) is 2.81. The molecule has 0 saturated carbocycles. The van der Waals surface area contributed by atoms with E-state index in [4.69, 9.17) is 4.74 Å². The van der Waals surface area contributed by atoms with Crippen molar-refractivity contribution in [1.29, 1.82) is 0 Å². The van der Waals surface area contributed by atoms with Crippen LogP contribution in [0.15, 0.2) is 4.99 Å². The van der Waals surface area contributed by atoms with Gasteiger partial charge in [-0.15, -0.1) is 0 Å². The second-order valence-corrected chi connectivity index (χ2v) is 4.69. The van der Waals surface area contributed by atoms with Crippen molar-refractivity contribution < 1.29 is 4.74 Å². The summed E-state index contributed by atoms with van der Waals surface area (Å²) < 4.78 is 5.52. The van der Waals surface area contributed by atoms with Crippen LogP contribution in [0.2, 0.25) is 0 Å².